The van der Waals surface area contributed by atoms with Crippen molar-refractivity contribution in [3.05, 3.63) is 51.8 Å². The highest BCUT2D eigenvalue weighted by Crippen LogP contribution is 2.24. The Kier molecular flexibility index (Phi) is 6.13. The Bertz CT molecular complexity index is 932. The maximum absolute atomic E-state index is 12.4. The lowest BCUT2D eigenvalue weighted by Gasteiger charge is -2.13. The third-order valence-corrected chi connectivity index (χ3v) is 4.81. The van der Waals surface area contributed by atoms with Gasteiger partial charge in [0.25, 0.3) is 17.4 Å². The zero-order valence-electron chi connectivity index (χ0n) is 16.0. The molecular weight excluding hydrogens is 358 g/mol. The van der Waals surface area contributed by atoms with Crippen LogP contribution in [-0.4, -0.2) is 23.0 Å². The van der Waals surface area contributed by atoms with Gasteiger partial charge in [-0.25, -0.2) is 0 Å². The Morgan fingerprint density at radius 3 is 2.36 bits per heavy atom. The molecule has 1 aromatic heterocycles. The van der Waals surface area contributed by atoms with Gasteiger partial charge in [0.1, 0.15) is 11.6 Å². The summed E-state index contributed by atoms with van der Waals surface area (Å²) in [4.78, 5) is 36.1. The number of aromatic nitrogens is 1. The topological polar surface area (TPSA) is 103 Å². The minimum atomic E-state index is -0.602. The standard InChI is InChI=1S/C21H25N3O4/c1-2-3-4-5-6-7-12-28-15-10-8-14(9-11-15)24-17(25)13-16-18(19(24)22)21(27)23-20(16)26/h8-11,13H,2-7,12,22H2,1H3,(H,23,26,27). The van der Waals surface area contributed by atoms with Crippen molar-refractivity contribution < 1.29 is 14.3 Å². The van der Waals surface area contributed by atoms with Crippen molar-refractivity contribution in [3.8, 4) is 11.4 Å². The Balaban J connectivity index is 1.68. The van der Waals surface area contributed by atoms with Crippen molar-refractivity contribution in [2.45, 2.75) is 45.4 Å². The number of rotatable bonds is 9. The molecule has 3 rings (SSSR count). The predicted octanol–water partition coefficient (Wildman–Crippen LogP) is 3.04. The highest BCUT2D eigenvalue weighted by atomic mass is 16.5. The molecule has 0 aliphatic carbocycles. The summed E-state index contributed by atoms with van der Waals surface area (Å²) in [6, 6.07) is 8.06. The zero-order valence-corrected chi connectivity index (χ0v) is 16.0. The molecule has 2 amide bonds. The van der Waals surface area contributed by atoms with Gasteiger partial charge in [-0.15, -0.1) is 0 Å². The normalized spacial score (nSPS) is 12.8. The number of nitrogens with two attached hydrogens (primary N) is 1. The van der Waals surface area contributed by atoms with Gasteiger partial charge >= 0.3 is 0 Å². The van der Waals surface area contributed by atoms with E-state index in [-0.39, 0.29) is 16.9 Å². The Hall–Kier alpha value is -3.09. The van der Waals surface area contributed by atoms with Crippen molar-refractivity contribution in [1.29, 1.82) is 0 Å². The van der Waals surface area contributed by atoms with Crippen molar-refractivity contribution in [2.24, 2.45) is 0 Å². The van der Waals surface area contributed by atoms with Crippen LogP contribution in [-0.2, 0) is 0 Å². The number of amides is 2. The lowest BCUT2D eigenvalue weighted by molar-refractivity contribution is 0.0880. The summed E-state index contributed by atoms with van der Waals surface area (Å²) < 4.78 is 6.96. The molecular formula is C21H25N3O4. The largest absolute Gasteiger partial charge is 0.494 e. The second kappa shape index (κ2) is 8.73. The van der Waals surface area contributed by atoms with E-state index in [1.807, 2.05) is 0 Å². The molecule has 0 saturated carbocycles. The van der Waals surface area contributed by atoms with Gasteiger partial charge in [0, 0.05) is 6.07 Å². The number of nitrogen functional groups attached to an aromatic ring is 1. The molecule has 2 heterocycles. The first-order valence-electron chi connectivity index (χ1n) is 9.67. The van der Waals surface area contributed by atoms with Gasteiger partial charge < -0.3 is 10.5 Å². The number of imide groups is 1. The third kappa shape index (κ3) is 4.08. The summed E-state index contributed by atoms with van der Waals surface area (Å²) in [5.41, 5.74) is 6.11. The first-order valence-corrected chi connectivity index (χ1v) is 9.67. The van der Waals surface area contributed by atoms with Crippen LogP contribution in [0.4, 0.5) is 5.82 Å². The molecule has 148 valence electrons. The number of hydrogen-bond acceptors (Lipinski definition) is 5. The quantitative estimate of drug-likeness (QED) is 0.512. The summed E-state index contributed by atoms with van der Waals surface area (Å²) in [5, 5.41) is 2.15. The number of benzene rings is 1. The van der Waals surface area contributed by atoms with Gasteiger partial charge in [0.05, 0.1) is 23.4 Å². The van der Waals surface area contributed by atoms with Crippen LogP contribution in [0.25, 0.3) is 5.69 Å². The van der Waals surface area contributed by atoms with Crippen LogP contribution in [0.2, 0.25) is 0 Å². The fraction of sp³-hybridized carbons (Fsp3) is 0.381. The van der Waals surface area contributed by atoms with Gasteiger partial charge in [-0.3, -0.25) is 24.3 Å². The van der Waals surface area contributed by atoms with E-state index in [2.05, 4.69) is 12.2 Å². The van der Waals surface area contributed by atoms with E-state index in [1.54, 1.807) is 24.3 Å². The van der Waals surface area contributed by atoms with Gasteiger partial charge in [0.2, 0.25) is 0 Å². The molecule has 1 aliphatic rings. The molecule has 2 aromatic rings. The summed E-state index contributed by atoms with van der Waals surface area (Å²) in [5.74, 6) is -0.538. The van der Waals surface area contributed by atoms with Crippen LogP contribution in [0.3, 0.4) is 0 Å². The molecule has 1 aliphatic heterocycles. The summed E-state index contributed by atoms with van der Waals surface area (Å²) >= 11 is 0. The van der Waals surface area contributed by atoms with Gasteiger partial charge in [-0.1, -0.05) is 39.0 Å². The number of pyridine rings is 1. The number of fused-ring (bicyclic) bond motifs is 1. The first-order chi connectivity index (χ1) is 13.5. The first kappa shape index (κ1) is 19.7. The Labute approximate surface area is 163 Å². The number of nitrogens with one attached hydrogen (secondary N) is 1. The van der Waals surface area contributed by atoms with Crippen LogP contribution in [0, 0.1) is 0 Å². The molecule has 0 bridgehead atoms. The second-order valence-corrected chi connectivity index (χ2v) is 6.89. The van der Waals surface area contributed by atoms with E-state index < -0.39 is 17.4 Å². The fourth-order valence-corrected chi connectivity index (χ4v) is 3.31. The smallest absolute Gasteiger partial charge is 0.262 e. The molecule has 0 unspecified atom stereocenters. The van der Waals surface area contributed by atoms with Crippen LogP contribution in [0.1, 0.15) is 66.2 Å². The lowest BCUT2D eigenvalue weighted by atomic mass is 10.1. The number of nitrogens with zero attached hydrogens (tertiary/aromatic N) is 1. The molecule has 0 fully saturated rings. The molecule has 0 spiro atoms. The maximum Gasteiger partial charge on any atom is 0.262 e. The number of hydrogen-bond donors (Lipinski definition) is 2. The zero-order chi connectivity index (χ0) is 20.1. The van der Waals surface area contributed by atoms with Crippen LogP contribution < -0.4 is 21.3 Å². The van der Waals surface area contributed by atoms with E-state index >= 15 is 0 Å². The van der Waals surface area contributed by atoms with E-state index in [4.69, 9.17) is 10.5 Å². The number of ether oxygens (including phenoxy) is 1. The summed E-state index contributed by atoms with van der Waals surface area (Å²) in [6.45, 7) is 2.85. The molecule has 0 radical (unpaired) electrons. The molecule has 0 atom stereocenters. The number of carbonyl (C=O) groups excluding carboxylic acids is 2. The van der Waals surface area contributed by atoms with E-state index in [1.165, 1.54) is 30.3 Å². The predicted molar refractivity (Wildman–Crippen MR) is 107 cm³/mol. The number of carbonyl (C=O) groups is 2. The number of anilines is 1. The Morgan fingerprint density at radius 2 is 1.64 bits per heavy atom. The molecule has 7 nitrogen and oxygen atoms in total. The summed E-state index contributed by atoms with van der Waals surface area (Å²) in [7, 11) is 0. The SMILES string of the molecule is CCCCCCCCOc1ccc(-n2c(N)c3c(cc2=O)C(=O)NC3=O)cc1. The van der Waals surface area contributed by atoms with Gasteiger partial charge in [-0.2, -0.15) is 0 Å². The highest BCUT2D eigenvalue weighted by Gasteiger charge is 2.31. The molecule has 7 heteroatoms. The van der Waals surface area contributed by atoms with Gasteiger partial charge in [0.15, 0.2) is 0 Å². The second-order valence-electron chi connectivity index (χ2n) is 6.89. The van der Waals surface area contributed by atoms with E-state index in [9.17, 15) is 14.4 Å². The van der Waals surface area contributed by atoms with Crippen molar-refractivity contribution in [2.75, 3.05) is 12.3 Å². The van der Waals surface area contributed by atoms with Gasteiger partial charge in [-0.05, 0) is 30.7 Å². The highest BCUT2D eigenvalue weighted by molar-refractivity contribution is 6.23. The van der Waals surface area contributed by atoms with Crippen LogP contribution >= 0.6 is 0 Å². The molecule has 28 heavy (non-hydrogen) atoms. The summed E-state index contributed by atoms with van der Waals surface area (Å²) in [6.07, 6.45) is 7.18. The van der Waals surface area contributed by atoms with Crippen LogP contribution in [0.5, 0.6) is 5.75 Å². The molecule has 0 saturated heterocycles. The van der Waals surface area contributed by atoms with Crippen molar-refractivity contribution in [3.63, 3.8) is 0 Å². The molecule has 1 aromatic carbocycles. The number of unbranched alkanes of at least 4 members (excludes halogenated alkanes) is 5. The average molecular weight is 383 g/mol. The lowest BCUT2D eigenvalue weighted by Crippen LogP contribution is -2.24. The Morgan fingerprint density at radius 1 is 0.964 bits per heavy atom. The van der Waals surface area contributed by atoms with Crippen molar-refractivity contribution in [1.82, 2.24) is 9.88 Å². The minimum Gasteiger partial charge on any atom is -0.494 e. The van der Waals surface area contributed by atoms with Crippen molar-refractivity contribution >= 4 is 17.6 Å². The molecule has 3 N–H and O–H groups in total. The maximum atomic E-state index is 12.4. The minimum absolute atomic E-state index is 0.0163. The van der Waals surface area contributed by atoms with E-state index in [0.717, 1.165) is 18.9 Å². The monoisotopic (exact) mass is 383 g/mol. The average Bonchev–Trinajstić information content (AvgIpc) is 2.95. The van der Waals surface area contributed by atoms with E-state index in [0.29, 0.717) is 18.0 Å². The third-order valence-electron chi connectivity index (χ3n) is 4.81. The van der Waals surface area contributed by atoms with Crippen LogP contribution in [0.15, 0.2) is 35.1 Å². The fourth-order valence-electron chi connectivity index (χ4n) is 3.31.